The third kappa shape index (κ3) is 6.05. The van der Waals surface area contributed by atoms with Crippen LogP contribution in [0.15, 0.2) is 45.6 Å². The summed E-state index contributed by atoms with van der Waals surface area (Å²) >= 11 is 4.11. The van der Waals surface area contributed by atoms with Crippen molar-refractivity contribution in [1.82, 2.24) is 9.97 Å². The molecule has 0 saturated carbocycles. The smallest absolute Gasteiger partial charge is 0.234 e. The average molecular weight is 421 g/mol. The van der Waals surface area contributed by atoms with Crippen molar-refractivity contribution in [2.45, 2.75) is 10.8 Å². The van der Waals surface area contributed by atoms with E-state index in [1.807, 2.05) is 17.5 Å². The van der Waals surface area contributed by atoms with Gasteiger partial charge in [0.05, 0.1) is 25.0 Å². The van der Waals surface area contributed by atoms with E-state index in [1.165, 1.54) is 34.4 Å². The number of thiazole rings is 2. The first-order chi connectivity index (χ1) is 13.1. The Kier molecular flexibility index (Phi) is 6.80. The predicted molar refractivity (Wildman–Crippen MR) is 109 cm³/mol. The maximum Gasteiger partial charge on any atom is 0.234 e. The number of nitrogens with zero attached hydrogens (tertiary/aromatic N) is 2. The number of benzene rings is 1. The van der Waals surface area contributed by atoms with Gasteiger partial charge in [-0.15, -0.1) is 22.7 Å². The Labute approximate surface area is 168 Å². The quantitative estimate of drug-likeness (QED) is 0.542. The van der Waals surface area contributed by atoms with Crippen LogP contribution in [0.2, 0.25) is 0 Å². The number of thioether (sulfide) groups is 1. The Balaban J connectivity index is 1.46. The number of hydrogen-bond acceptors (Lipinski definition) is 8. The van der Waals surface area contributed by atoms with E-state index in [2.05, 4.69) is 20.6 Å². The topological polar surface area (TPSA) is 93.2 Å². The number of rotatable bonds is 8. The number of amides is 2. The van der Waals surface area contributed by atoms with E-state index in [9.17, 15) is 9.59 Å². The summed E-state index contributed by atoms with van der Waals surface area (Å²) in [5.41, 5.74) is 1.35. The summed E-state index contributed by atoms with van der Waals surface area (Å²) in [7, 11) is 1.58. The van der Waals surface area contributed by atoms with Crippen LogP contribution in [0.4, 0.5) is 10.8 Å². The van der Waals surface area contributed by atoms with Gasteiger partial charge in [0.15, 0.2) is 9.47 Å². The zero-order chi connectivity index (χ0) is 19.1. The molecule has 0 radical (unpaired) electrons. The molecule has 0 aliphatic rings. The molecule has 0 aliphatic carbocycles. The van der Waals surface area contributed by atoms with E-state index < -0.39 is 0 Å². The van der Waals surface area contributed by atoms with Crippen LogP contribution < -0.4 is 15.4 Å². The average Bonchev–Trinajstić information content (AvgIpc) is 3.32. The second-order valence-corrected chi connectivity index (χ2v) is 8.21. The van der Waals surface area contributed by atoms with Gasteiger partial charge in [-0.25, -0.2) is 9.97 Å². The van der Waals surface area contributed by atoms with Crippen LogP contribution >= 0.6 is 34.4 Å². The van der Waals surface area contributed by atoms with Gasteiger partial charge in [0.25, 0.3) is 0 Å². The van der Waals surface area contributed by atoms with Gasteiger partial charge in [-0.1, -0.05) is 17.8 Å². The maximum absolute atomic E-state index is 12.1. The summed E-state index contributed by atoms with van der Waals surface area (Å²) in [6.07, 6.45) is 1.81. The molecule has 3 aromatic rings. The van der Waals surface area contributed by atoms with Crippen molar-refractivity contribution in [1.29, 1.82) is 0 Å². The SMILES string of the molecule is COc1cccc(NC(=O)CSc2nc(CC(=O)Nc3nccs3)cs2)c1. The molecule has 3 rings (SSSR count). The fourth-order valence-electron chi connectivity index (χ4n) is 2.07. The van der Waals surface area contributed by atoms with E-state index >= 15 is 0 Å². The number of carbonyl (C=O) groups is 2. The van der Waals surface area contributed by atoms with Crippen LogP contribution in [-0.2, 0) is 16.0 Å². The predicted octanol–water partition coefficient (Wildman–Crippen LogP) is 3.52. The van der Waals surface area contributed by atoms with Gasteiger partial charge in [-0.2, -0.15) is 0 Å². The van der Waals surface area contributed by atoms with E-state index in [4.69, 9.17) is 4.74 Å². The first-order valence-corrected chi connectivity index (χ1v) is 10.6. The molecule has 1 aromatic carbocycles. The van der Waals surface area contributed by atoms with Crippen LogP contribution in [0.3, 0.4) is 0 Å². The monoisotopic (exact) mass is 420 g/mol. The zero-order valence-corrected chi connectivity index (χ0v) is 16.7. The number of methoxy groups -OCH3 is 1. The molecular formula is C17H16N4O3S3. The highest BCUT2D eigenvalue weighted by molar-refractivity contribution is 8.01. The highest BCUT2D eigenvalue weighted by Crippen LogP contribution is 2.24. The third-order valence-electron chi connectivity index (χ3n) is 3.23. The van der Waals surface area contributed by atoms with E-state index in [0.29, 0.717) is 22.3 Å². The van der Waals surface area contributed by atoms with Gasteiger partial charge in [-0.05, 0) is 12.1 Å². The lowest BCUT2D eigenvalue weighted by molar-refractivity contribution is -0.116. The van der Waals surface area contributed by atoms with Crippen molar-refractivity contribution in [3.8, 4) is 5.75 Å². The van der Waals surface area contributed by atoms with Crippen molar-refractivity contribution in [3.63, 3.8) is 0 Å². The Morgan fingerprint density at radius 2 is 2.11 bits per heavy atom. The first kappa shape index (κ1) is 19.3. The molecule has 10 heteroatoms. The number of hydrogen-bond donors (Lipinski definition) is 2. The summed E-state index contributed by atoms with van der Waals surface area (Å²) in [5.74, 6) is 0.616. The fourth-order valence-corrected chi connectivity index (χ4v) is 4.26. The molecule has 0 aliphatic heterocycles. The number of carbonyl (C=O) groups excluding carboxylic acids is 2. The fraction of sp³-hybridized carbons (Fsp3) is 0.176. The minimum Gasteiger partial charge on any atom is -0.497 e. The number of aromatic nitrogens is 2. The molecule has 0 atom stereocenters. The molecule has 2 heterocycles. The third-order valence-corrected chi connectivity index (χ3v) is 5.99. The Morgan fingerprint density at radius 3 is 2.89 bits per heavy atom. The van der Waals surface area contributed by atoms with Gasteiger partial charge < -0.3 is 15.4 Å². The lowest BCUT2D eigenvalue weighted by Gasteiger charge is -2.06. The van der Waals surface area contributed by atoms with E-state index in [0.717, 1.165) is 4.34 Å². The normalized spacial score (nSPS) is 10.4. The zero-order valence-electron chi connectivity index (χ0n) is 14.3. The van der Waals surface area contributed by atoms with Gasteiger partial charge in [-0.3, -0.25) is 9.59 Å². The molecular weight excluding hydrogens is 404 g/mol. The largest absolute Gasteiger partial charge is 0.497 e. The summed E-state index contributed by atoms with van der Waals surface area (Å²) in [5, 5.41) is 9.72. The van der Waals surface area contributed by atoms with Crippen molar-refractivity contribution in [2.75, 3.05) is 23.5 Å². The summed E-state index contributed by atoms with van der Waals surface area (Å²) in [6, 6.07) is 7.18. The molecule has 2 N–H and O–H groups in total. The molecule has 0 spiro atoms. The van der Waals surface area contributed by atoms with Crippen LogP contribution in [0.25, 0.3) is 0 Å². The van der Waals surface area contributed by atoms with Crippen LogP contribution in [0, 0.1) is 0 Å². The van der Waals surface area contributed by atoms with Crippen molar-refractivity contribution < 1.29 is 14.3 Å². The van der Waals surface area contributed by atoms with Gasteiger partial charge in [0, 0.05) is 28.7 Å². The lowest BCUT2D eigenvalue weighted by atomic mass is 10.3. The number of nitrogens with one attached hydrogen (secondary N) is 2. The molecule has 0 unspecified atom stereocenters. The Morgan fingerprint density at radius 1 is 1.22 bits per heavy atom. The van der Waals surface area contributed by atoms with Crippen molar-refractivity contribution >= 4 is 57.1 Å². The molecule has 2 amide bonds. The standard InChI is InChI=1S/C17H16N4O3S3/c1-24-13-4-2-3-11(7-13)19-15(23)10-27-17-20-12(9-26-17)8-14(22)21-16-18-5-6-25-16/h2-7,9H,8,10H2,1H3,(H,19,23)(H,18,21,22). The second kappa shape index (κ2) is 9.49. The van der Waals surface area contributed by atoms with Crippen LogP contribution in [0.1, 0.15) is 5.69 Å². The Hall–Kier alpha value is -2.43. The summed E-state index contributed by atoms with van der Waals surface area (Å²) in [4.78, 5) is 32.4. The van der Waals surface area contributed by atoms with Gasteiger partial charge in [0.2, 0.25) is 11.8 Å². The minimum absolute atomic E-state index is 0.133. The van der Waals surface area contributed by atoms with Crippen LogP contribution in [0.5, 0.6) is 5.75 Å². The molecule has 0 bridgehead atoms. The van der Waals surface area contributed by atoms with Gasteiger partial charge >= 0.3 is 0 Å². The highest BCUT2D eigenvalue weighted by atomic mass is 32.2. The highest BCUT2D eigenvalue weighted by Gasteiger charge is 2.11. The Bertz CT molecular complexity index is 912. The second-order valence-electron chi connectivity index (χ2n) is 5.24. The summed E-state index contributed by atoms with van der Waals surface area (Å²) in [6.45, 7) is 0. The number of ether oxygens (including phenoxy) is 1. The first-order valence-electron chi connectivity index (χ1n) is 7.83. The molecule has 0 saturated heterocycles. The van der Waals surface area contributed by atoms with Crippen LogP contribution in [-0.4, -0.2) is 34.6 Å². The molecule has 0 fully saturated rings. The minimum atomic E-state index is -0.164. The van der Waals surface area contributed by atoms with Crippen molar-refractivity contribution in [2.24, 2.45) is 0 Å². The molecule has 27 heavy (non-hydrogen) atoms. The summed E-state index contributed by atoms with van der Waals surface area (Å²) < 4.78 is 5.88. The van der Waals surface area contributed by atoms with Gasteiger partial charge in [0.1, 0.15) is 5.75 Å². The molecule has 140 valence electrons. The lowest BCUT2D eigenvalue weighted by Crippen LogP contribution is -2.14. The molecule has 2 aromatic heterocycles. The van der Waals surface area contributed by atoms with E-state index in [-0.39, 0.29) is 24.0 Å². The number of anilines is 2. The van der Waals surface area contributed by atoms with Crippen molar-refractivity contribution in [3.05, 3.63) is 46.9 Å². The van der Waals surface area contributed by atoms with E-state index in [1.54, 1.807) is 30.8 Å². The maximum atomic E-state index is 12.1. The molecule has 7 nitrogen and oxygen atoms in total.